The Balaban J connectivity index is 1.23. The summed E-state index contributed by atoms with van der Waals surface area (Å²) < 4.78 is 6.19. The Morgan fingerprint density at radius 2 is 2.13 bits per heavy atom. The molecule has 1 amide bonds. The summed E-state index contributed by atoms with van der Waals surface area (Å²) >= 11 is 3.65. The molecule has 0 saturated carbocycles. The maximum atomic E-state index is 12.1. The highest BCUT2D eigenvalue weighted by molar-refractivity contribution is 8.01. The number of aryl methyl sites for hydroxylation is 1. The minimum Gasteiger partial charge on any atom is -0.367 e. The second-order valence-corrected chi connectivity index (χ2v) is 9.33. The highest BCUT2D eigenvalue weighted by Crippen LogP contribution is 2.47. The van der Waals surface area contributed by atoms with Crippen molar-refractivity contribution >= 4 is 34.1 Å². The van der Waals surface area contributed by atoms with Crippen LogP contribution in [0.3, 0.4) is 0 Å². The Bertz CT molecular complexity index is 582. The number of rotatable bonds is 4. The highest BCUT2D eigenvalue weighted by Gasteiger charge is 2.50. The number of ether oxygens (including phenoxy) is 1. The van der Waals surface area contributed by atoms with E-state index in [1.165, 1.54) is 0 Å². The molecule has 1 aromatic heterocycles. The van der Waals surface area contributed by atoms with Crippen molar-refractivity contribution in [3.05, 3.63) is 5.01 Å². The van der Waals surface area contributed by atoms with Crippen molar-refractivity contribution in [3.63, 3.8) is 0 Å². The third-order valence-electron chi connectivity index (χ3n) is 4.82. The van der Waals surface area contributed by atoms with E-state index in [9.17, 15) is 4.79 Å². The Morgan fingerprint density at radius 1 is 1.35 bits per heavy atom. The molecule has 0 N–H and O–H groups in total. The van der Waals surface area contributed by atoms with Crippen LogP contribution in [0.1, 0.15) is 24.3 Å². The molecule has 126 valence electrons. The smallest absolute Gasteiger partial charge is 0.248 e. The van der Waals surface area contributed by atoms with Crippen LogP contribution in [0.25, 0.3) is 0 Å². The molecule has 0 bridgehead atoms. The van der Waals surface area contributed by atoms with Gasteiger partial charge in [-0.2, -0.15) is 0 Å². The summed E-state index contributed by atoms with van der Waals surface area (Å²) in [5, 5.41) is 10.4. The number of carbonyl (C=O) groups is 1. The molecule has 3 fully saturated rings. The third kappa shape index (κ3) is 3.21. The molecule has 1 spiro atoms. The second-order valence-electron chi connectivity index (χ2n) is 6.68. The number of hydrogen-bond acceptors (Lipinski definition) is 7. The lowest BCUT2D eigenvalue weighted by Gasteiger charge is -2.47. The molecule has 3 aliphatic rings. The Labute approximate surface area is 144 Å². The van der Waals surface area contributed by atoms with Crippen LogP contribution < -0.4 is 4.90 Å². The average molecular weight is 355 g/mol. The van der Waals surface area contributed by atoms with Crippen molar-refractivity contribution in [2.45, 2.75) is 37.0 Å². The van der Waals surface area contributed by atoms with Crippen LogP contribution in [0.4, 0.5) is 5.13 Å². The molecule has 0 aromatic carbocycles. The van der Waals surface area contributed by atoms with Gasteiger partial charge in [-0.15, -0.1) is 22.0 Å². The van der Waals surface area contributed by atoms with Crippen molar-refractivity contribution in [2.24, 2.45) is 0 Å². The van der Waals surface area contributed by atoms with Crippen LogP contribution in [0.5, 0.6) is 0 Å². The molecular formula is C15H22N4O2S2. The van der Waals surface area contributed by atoms with Gasteiger partial charge in [-0.1, -0.05) is 11.3 Å². The Hall–Kier alpha value is -0.860. The Kier molecular flexibility index (Phi) is 4.23. The van der Waals surface area contributed by atoms with Crippen LogP contribution in [0.2, 0.25) is 0 Å². The van der Waals surface area contributed by atoms with E-state index in [-0.39, 0.29) is 18.6 Å². The average Bonchev–Trinajstić information content (AvgIpc) is 3.23. The molecule has 0 aliphatic carbocycles. The number of likely N-dealkylation sites (tertiary alicyclic amines) is 1. The van der Waals surface area contributed by atoms with E-state index in [2.05, 4.69) is 15.1 Å². The van der Waals surface area contributed by atoms with Crippen LogP contribution in [0.15, 0.2) is 0 Å². The van der Waals surface area contributed by atoms with Crippen LogP contribution in [-0.4, -0.2) is 70.4 Å². The molecule has 0 radical (unpaired) electrons. The predicted molar refractivity (Wildman–Crippen MR) is 92.2 cm³/mol. The lowest BCUT2D eigenvalue weighted by molar-refractivity contribution is -0.136. The minimum atomic E-state index is 0.160. The van der Waals surface area contributed by atoms with Gasteiger partial charge in [0.15, 0.2) is 0 Å². The van der Waals surface area contributed by atoms with Gasteiger partial charge in [-0.05, 0) is 26.2 Å². The fourth-order valence-corrected chi connectivity index (χ4v) is 5.81. The minimum absolute atomic E-state index is 0.160. The van der Waals surface area contributed by atoms with Crippen molar-refractivity contribution in [2.75, 3.05) is 43.4 Å². The lowest BCUT2D eigenvalue weighted by atomic mass is 9.93. The maximum absolute atomic E-state index is 12.1. The summed E-state index contributed by atoms with van der Waals surface area (Å²) in [6.45, 7) is 6.09. The number of nitrogens with zero attached hydrogens (tertiary/aromatic N) is 4. The monoisotopic (exact) mass is 354 g/mol. The van der Waals surface area contributed by atoms with Gasteiger partial charge in [-0.25, -0.2) is 0 Å². The highest BCUT2D eigenvalue weighted by atomic mass is 32.2. The van der Waals surface area contributed by atoms with Gasteiger partial charge in [0.1, 0.15) is 11.6 Å². The second kappa shape index (κ2) is 6.22. The van der Waals surface area contributed by atoms with Gasteiger partial charge in [0, 0.05) is 31.9 Å². The number of anilines is 1. The zero-order valence-electron chi connectivity index (χ0n) is 13.4. The molecule has 23 heavy (non-hydrogen) atoms. The number of thioether (sulfide) groups is 1. The van der Waals surface area contributed by atoms with Crippen molar-refractivity contribution in [1.29, 1.82) is 0 Å². The molecule has 8 heteroatoms. The van der Waals surface area contributed by atoms with E-state index in [0.717, 1.165) is 61.3 Å². The SMILES string of the molecule is Cc1nnc(N2CC3(C[C@@H](OCC(=O)N4CCCC4)CS3)C2)s1. The zero-order chi connectivity index (χ0) is 15.9. The first kappa shape index (κ1) is 15.7. The quantitative estimate of drug-likeness (QED) is 0.818. The van der Waals surface area contributed by atoms with Gasteiger partial charge in [0.2, 0.25) is 11.0 Å². The predicted octanol–water partition coefficient (Wildman–Crippen LogP) is 1.55. The fraction of sp³-hybridized carbons (Fsp3) is 0.800. The normalized spacial score (nSPS) is 26.0. The van der Waals surface area contributed by atoms with Crippen LogP contribution in [0, 0.1) is 6.92 Å². The summed E-state index contributed by atoms with van der Waals surface area (Å²) in [5.74, 6) is 1.16. The van der Waals surface area contributed by atoms with Gasteiger partial charge in [-0.3, -0.25) is 4.79 Å². The molecule has 6 nitrogen and oxygen atoms in total. The number of aromatic nitrogens is 2. The van der Waals surface area contributed by atoms with E-state index in [0.29, 0.717) is 4.75 Å². The number of amides is 1. The van der Waals surface area contributed by atoms with E-state index in [4.69, 9.17) is 4.74 Å². The fourth-order valence-electron chi connectivity index (χ4n) is 3.58. The first-order valence-corrected chi connectivity index (χ1v) is 10.0. The van der Waals surface area contributed by atoms with E-state index in [1.54, 1.807) is 11.3 Å². The van der Waals surface area contributed by atoms with Crippen molar-refractivity contribution in [3.8, 4) is 0 Å². The first-order valence-electron chi connectivity index (χ1n) is 8.22. The Morgan fingerprint density at radius 3 is 2.83 bits per heavy atom. The molecule has 3 saturated heterocycles. The number of hydrogen-bond donors (Lipinski definition) is 0. The molecule has 1 aromatic rings. The summed E-state index contributed by atoms with van der Waals surface area (Å²) in [4.78, 5) is 16.3. The maximum Gasteiger partial charge on any atom is 0.248 e. The molecule has 4 rings (SSSR count). The van der Waals surface area contributed by atoms with Crippen LogP contribution in [-0.2, 0) is 9.53 Å². The summed E-state index contributed by atoms with van der Waals surface area (Å²) in [7, 11) is 0. The third-order valence-corrected chi connectivity index (χ3v) is 7.30. The van der Waals surface area contributed by atoms with Gasteiger partial charge < -0.3 is 14.5 Å². The van der Waals surface area contributed by atoms with E-state index < -0.39 is 0 Å². The summed E-state index contributed by atoms with van der Waals surface area (Å²) in [6, 6.07) is 0. The summed E-state index contributed by atoms with van der Waals surface area (Å²) in [6.07, 6.45) is 3.52. The van der Waals surface area contributed by atoms with Gasteiger partial charge in [0.05, 0.1) is 10.9 Å². The van der Waals surface area contributed by atoms with Gasteiger partial charge >= 0.3 is 0 Å². The summed E-state index contributed by atoms with van der Waals surface area (Å²) in [5.41, 5.74) is 0. The number of carbonyl (C=O) groups excluding carboxylic acids is 1. The zero-order valence-corrected chi connectivity index (χ0v) is 15.0. The van der Waals surface area contributed by atoms with Crippen LogP contribution >= 0.6 is 23.1 Å². The molecular weight excluding hydrogens is 332 g/mol. The first-order chi connectivity index (χ1) is 11.1. The molecule has 0 unspecified atom stereocenters. The van der Waals surface area contributed by atoms with Crippen molar-refractivity contribution < 1.29 is 9.53 Å². The standard InChI is InChI=1S/C15H22N4O2S2/c1-11-16-17-14(23-11)19-9-15(10-19)6-12(8-22-15)21-7-13(20)18-4-2-3-5-18/h12H,2-10H2,1H3/t12-/m1/s1. The molecule has 1 atom stereocenters. The lowest BCUT2D eigenvalue weighted by Crippen LogP contribution is -2.59. The molecule has 3 aliphatic heterocycles. The van der Waals surface area contributed by atoms with E-state index >= 15 is 0 Å². The van der Waals surface area contributed by atoms with Crippen molar-refractivity contribution in [1.82, 2.24) is 15.1 Å². The topological polar surface area (TPSA) is 58.6 Å². The largest absolute Gasteiger partial charge is 0.367 e. The van der Waals surface area contributed by atoms with E-state index in [1.807, 2.05) is 23.6 Å². The molecule has 4 heterocycles. The van der Waals surface area contributed by atoms with Gasteiger partial charge in [0.25, 0.3) is 0 Å².